The molecule has 0 radical (unpaired) electrons. The van der Waals surface area contributed by atoms with Crippen molar-refractivity contribution in [3.05, 3.63) is 53.9 Å². The Morgan fingerprint density at radius 1 is 1.19 bits per heavy atom. The number of hydrogen-bond donors (Lipinski definition) is 0. The zero-order chi connectivity index (χ0) is 25.0. The molecule has 2 bridgehead atoms. The second-order valence-corrected chi connectivity index (χ2v) is 11.1. The standard InChI is InChI=1S/C27H34F2N5O2/c1-17(2)18-3-5-20(6-4-18)31-12-19(24(15-31)27(28)29)9-26(35)25-11-30-34-8-7-21(13-33(25)34)32-14-23-10-22(32)16-36-23/h7-8,11-13,15,17-18,20,22-23,27H,3-6,9-10,14,16H2,1-2H3/q+1/t18?,20?,22-,23-/m0/s1. The zero-order valence-electron chi connectivity index (χ0n) is 20.9. The molecule has 0 amide bonds. The Balaban J connectivity index is 1.23. The van der Waals surface area contributed by atoms with Crippen molar-refractivity contribution in [1.82, 2.24) is 14.3 Å². The van der Waals surface area contributed by atoms with E-state index in [1.165, 1.54) is 6.20 Å². The number of ether oxygens (including phenoxy) is 1. The number of aromatic nitrogens is 4. The molecule has 1 saturated carbocycles. The molecule has 36 heavy (non-hydrogen) atoms. The number of halogens is 2. The van der Waals surface area contributed by atoms with Gasteiger partial charge in [-0.25, -0.2) is 8.78 Å². The van der Waals surface area contributed by atoms with Crippen LogP contribution in [-0.4, -0.2) is 45.4 Å². The third-order valence-electron chi connectivity index (χ3n) is 8.57. The first-order chi connectivity index (χ1) is 17.4. The van der Waals surface area contributed by atoms with Gasteiger partial charge in [-0.1, -0.05) is 13.8 Å². The van der Waals surface area contributed by atoms with Crippen LogP contribution >= 0.6 is 0 Å². The molecule has 3 aromatic rings. The summed E-state index contributed by atoms with van der Waals surface area (Å²) in [5.41, 5.74) is 1.77. The summed E-state index contributed by atoms with van der Waals surface area (Å²) >= 11 is 0. The second kappa shape index (κ2) is 9.25. The van der Waals surface area contributed by atoms with Gasteiger partial charge in [-0.3, -0.25) is 4.79 Å². The average Bonchev–Trinajstić information content (AvgIpc) is 3.66. The number of alkyl halides is 2. The van der Waals surface area contributed by atoms with Crippen LogP contribution in [0.1, 0.15) is 80.0 Å². The van der Waals surface area contributed by atoms with Crippen molar-refractivity contribution in [2.24, 2.45) is 11.8 Å². The highest BCUT2D eigenvalue weighted by Crippen LogP contribution is 2.37. The number of ketones is 1. The van der Waals surface area contributed by atoms with Gasteiger partial charge < -0.3 is 14.2 Å². The molecule has 1 aliphatic carbocycles. The Morgan fingerprint density at radius 2 is 2.00 bits per heavy atom. The maximum Gasteiger partial charge on any atom is 0.265 e. The van der Waals surface area contributed by atoms with E-state index in [4.69, 9.17) is 4.74 Å². The van der Waals surface area contributed by atoms with E-state index in [1.807, 2.05) is 23.0 Å². The van der Waals surface area contributed by atoms with E-state index in [-0.39, 0.29) is 29.9 Å². The molecular formula is C27H34F2N5O2+. The first-order valence-electron chi connectivity index (χ1n) is 13.2. The number of nitrogens with zero attached hydrogens (tertiary/aromatic N) is 5. The number of carbonyl (C=O) groups is 1. The molecule has 192 valence electrons. The minimum absolute atomic E-state index is 0.0374. The highest BCUT2D eigenvalue weighted by Gasteiger charge is 2.39. The lowest BCUT2D eigenvalue weighted by Gasteiger charge is -2.31. The molecule has 0 unspecified atom stereocenters. The molecule has 0 spiro atoms. The Hall–Kier alpha value is -2.81. The third kappa shape index (κ3) is 4.21. The lowest BCUT2D eigenvalue weighted by Crippen LogP contribution is -2.40. The van der Waals surface area contributed by atoms with Crippen LogP contribution in [0.15, 0.2) is 37.1 Å². The van der Waals surface area contributed by atoms with Crippen LogP contribution in [-0.2, 0) is 11.2 Å². The van der Waals surface area contributed by atoms with E-state index in [1.54, 1.807) is 21.5 Å². The lowest BCUT2D eigenvalue weighted by molar-refractivity contribution is -0.624. The fourth-order valence-corrected chi connectivity index (χ4v) is 6.40. The number of morpholine rings is 1. The van der Waals surface area contributed by atoms with Gasteiger partial charge >= 0.3 is 0 Å². The van der Waals surface area contributed by atoms with Crippen LogP contribution in [0, 0.1) is 11.8 Å². The van der Waals surface area contributed by atoms with Gasteiger partial charge in [0.25, 0.3) is 6.43 Å². The van der Waals surface area contributed by atoms with E-state index < -0.39 is 6.43 Å². The van der Waals surface area contributed by atoms with Crippen LogP contribution in [0.3, 0.4) is 0 Å². The Bertz CT molecular complexity index is 1260. The number of Topliss-reactive ketones (excluding diaryl/α,β-unsaturated/α-hetero) is 1. The first kappa shape index (κ1) is 23.6. The second-order valence-electron chi connectivity index (χ2n) is 11.1. The van der Waals surface area contributed by atoms with E-state index in [0.717, 1.165) is 50.9 Å². The quantitative estimate of drug-likeness (QED) is 0.357. The zero-order valence-corrected chi connectivity index (χ0v) is 20.9. The largest absolute Gasteiger partial charge is 0.374 e. The van der Waals surface area contributed by atoms with Gasteiger partial charge in [0.05, 0.1) is 30.6 Å². The molecule has 3 aliphatic rings. The molecule has 9 heteroatoms. The van der Waals surface area contributed by atoms with Crippen LogP contribution in [0.5, 0.6) is 0 Å². The van der Waals surface area contributed by atoms with Crippen LogP contribution in [0.2, 0.25) is 0 Å². The normalized spacial score (nSPS) is 26.1. The summed E-state index contributed by atoms with van der Waals surface area (Å²) in [4.78, 5) is 15.7. The van der Waals surface area contributed by atoms with Crippen LogP contribution in [0.4, 0.5) is 14.5 Å². The molecule has 2 saturated heterocycles. The van der Waals surface area contributed by atoms with Gasteiger partial charge in [-0.05, 0) is 60.2 Å². The topological polar surface area (TPSA) is 55.9 Å². The molecule has 0 N–H and O–H groups in total. The Kier molecular flexibility index (Phi) is 6.06. The summed E-state index contributed by atoms with van der Waals surface area (Å²) in [5.74, 6) is 1.13. The number of fused-ring (bicyclic) bond motifs is 3. The third-order valence-corrected chi connectivity index (χ3v) is 8.57. The maximum atomic E-state index is 14.0. The SMILES string of the molecule is CC(C)C1CCC(n2cc(CC(=O)c3cnn4ccc(N5C[C@@H]6C[C@H]5CO6)c[n+]34)c(C(F)F)c2)CC1. The van der Waals surface area contributed by atoms with Gasteiger partial charge in [0.2, 0.25) is 17.7 Å². The number of anilines is 1. The lowest BCUT2D eigenvalue weighted by atomic mass is 9.79. The minimum Gasteiger partial charge on any atom is -0.374 e. The summed E-state index contributed by atoms with van der Waals surface area (Å²) in [5, 5.41) is 4.32. The predicted octanol–water partition coefficient (Wildman–Crippen LogP) is 4.45. The highest BCUT2D eigenvalue weighted by atomic mass is 19.3. The van der Waals surface area contributed by atoms with Gasteiger partial charge in [0.1, 0.15) is 6.20 Å². The van der Waals surface area contributed by atoms with Crippen LogP contribution in [0.25, 0.3) is 0 Å². The van der Waals surface area contributed by atoms with Crippen molar-refractivity contribution in [1.29, 1.82) is 0 Å². The smallest absolute Gasteiger partial charge is 0.265 e. The highest BCUT2D eigenvalue weighted by molar-refractivity contribution is 5.94. The molecule has 2 aliphatic heterocycles. The Labute approximate surface area is 209 Å². The summed E-state index contributed by atoms with van der Waals surface area (Å²) in [6, 6.07) is 2.56. The van der Waals surface area contributed by atoms with E-state index in [9.17, 15) is 13.6 Å². The fraction of sp³-hybridized carbons (Fsp3) is 0.593. The number of hydrogen-bond acceptors (Lipinski definition) is 4. The molecule has 3 fully saturated rings. The van der Waals surface area contributed by atoms with Crippen molar-refractivity contribution in [2.75, 3.05) is 18.1 Å². The van der Waals surface area contributed by atoms with E-state index in [0.29, 0.717) is 29.1 Å². The first-order valence-corrected chi connectivity index (χ1v) is 13.2. The van der Waals surface area contributed by atoms with Crippen molar-refractivity contribution in [3.63, 3.8) is 0 Å². The molecule has 3 aromatic heterocycles. The summed E-state index contributed by atoms with van der Waals surface area (Å²) in [6.45, 7) is 6.07. The van der Waals surface area contributed by atoms with Crippen molar-refractivity contribution in [3.8, 4) is 0 Å². The maximum absolute atomic E-state index is 14.0. The van der Waals surface area contributed by atoms with Crippen molar-refractivity contribution >= 4 is 11.5 Å². The van der Waals surface area contributed by atoms with E-state index in [2.05, 4.69) is 23.8 Å². The molecule has 7 nitrogen and oxygen atoms in total. The van der Waals surface area contributed by atoms with Gasteiger partial charge in [0.15, 0.2) is 0 Å². The Morgan fingerprint density at radius 3 is 2.67 bits per heavy atom. The molecule has 2 atom stereocenters. The monoisotopic (exact) mass is 498 g/mol. The van der Waals surface area contributed by atoms with Gasteiger partial charge in [-0.2, -0.15) is 0 Å². The minimum atomic E-state index is -2.61. The molecule has 0 aromatic carbocycles. The fourth-order valence-electron chi connectivity index (χ4n) is 6.40. The average molecular weight is 499 g/mol. The van der Waals surface area contributed by atoms with Crippen molar-refractivity contribution in [2.45, 2.75) is 77.0 Å². The van der Waals surface area contributed by atoms with E-state index >= 15 is 0 Å². The van der Waals surface area contributed by atoms with Crippen molar-refractivity contribution < 1.29 is 22.8 Å². The summed E-state index contributed by atoms with van der Waals surface area (Å²) in [6.07, 6.45) is 11.4. The predicted molar refractivity (Wildman–Crippen MR) is 130 cm³/mol. The molecule has 6 rings (SSSR count). The number of rotatable bonds is 7. The van der Waals surface area contributed by atoms with Crippen LogP contribution < -0.4 is 9.42 Å². The summed E-state index contributed by atoms with van der Waals surface area (Å²) in [7, 11) is 0. The molecular weight excluding hydrogens is 464 g/mol. The molecule has 5 heterocycles. The number of carbonyl (C=O) groups excluding carboxylic acids is 1. The summed E-state index contributed by atoms with van der Waals surface area (Å²) < 4.78 is 38.9. The van der Waals surface area contributed by atoms with Gasteiger partial charge in [0, 0.05) is 42.1 Å². The van der Waals surface area contributed by atoms with Gasteiger partial charge in [-0.15, -0.1) is 4.52 Å².